The second-order valence-electron chi connectivity index (χ2n) is 3.79. The van der Waals surface area contributed by atoms with E-state index in [9.17, 15) is 9.59 Å². The number of likely N-dealkylation sites (N-methyl/N-ethyl adjacent to an activating group) is 1. The molecule has 86 valence electrons. The maximum absolute atomic E-state index is 11.4. The highest BCUT2D eigenvalue weighted by molar-refractivity contribution is 6.01. The van der Waals surface area contributed by atoms with Crippen molar-refractivity contribution in [1.82, 2.24) is 15.1 Å². The van der Waals surface area contributed by atoms with E-state index in [2.05, 4.69) is 12.2 Å². The Kier molecular flexibility index (Phi) is 4.55. The molecular weight excluding hydrogens is 194 g/mol. The van der Waals surface area contributed by atoms with Crippen molar-refractivity contribution in [1.29, 1.82) is 0 Å². The fourth-order valence-corrected chi connectivity index (χ4v) is 1.55. The Bertz CT molecular complexity index is 243. The van der Waals surface area contributed by atoms with Gasteiger partial charge in [-0.1, -0.05) is 6.92 Å². The lowest BCUT2D eigenvalue weighted by Gasteiger charge is -2.13. The van der Waals surface area contributed by atoms with Gasteiger partial charge in [0.05, 0.1) is 0 Å². The molecule has 0 aromatic carbocycles. The molecule has 1 aliphatic heterocycles. The molecule has 0 aliphatic carbocycles. The Morgan fingerprint density at radius 2 is 2.07 bits per heavy atom. The summed E-state index contributed by atoms with van der Waals surface area (Å²) in [6.45, 7) is 4.70. The summed E-state index contributed by atoms with van der Waals surface area (Å²) in [6.07, 6.45) is 1.93. The van der Waals surface area contributed by atoms with Crippen LogP contribution >= 0.6 is 0 Å². The summed E-state index contributed by atoms with van der Waals surface area (Å²) in [5.41, 5.74) is 0. The largest absolute Gasteiger partial charge is 0.326 e. The van der Waals surface area contributed by atoms with Crippen LogP contribution in [0, 0.1) is 0 Å². The quantitative estimate of drug-likeness (QED) is 0.509. The second kappa shape index (κ2) is 5.70. The normalized spacial score (nSPS) is 16.7. The second-order valence-corrected chi connectivity index (χ2v) is 3.79. The number of imide groups is 1. The number of hydrogen-bond donors (Lipinski definition) is 1. The Labute approximate surface area is 90.4 Å². The van der Waals surface area contributed by atoms with Crippen LogP contribution in [0.1, 0.15) is 19.8 Å². The van der Waals surface area contributed by atoms with Crippen molar-refractivity contribution in [2.24, 2.45) is 0 Å². The predicted molar refractivity (Wildman–Crippen MR) is 57.5 cm³/mol. The summed E-state index contributed by atoms with van der Waals surface area (Å²) >= 11 is 0. The molecule has 0 radical (unpaired) electrons. The molecule has 0 spiro atoms. The van der Waals surface area contributed by atoms with Gasteiger partial charge in [-0.3, -0.25) is 9.69 Å². The molecule has 1 saturated heterocycles. The molecule has 3 amide bonds. The van der Waals surface area contributed by atoms with Gasteiger partial charge in [0.25, 0.3) is 0 Å². The van der Waals surface area contributed by atoms with E-state index in [0.29, 0.717) is 6.54 Å². The van der Waals surface area contributed by atoms with Crippen LogP contribution in [-0.4, -0.2) is 55.0 Å². The molecule has 0 bridgehead atoms. The zero-order chi connectivity index (χ0) is 11.3. The van der Waals surface area contributed by atoms with Crippen molar-refractivity contribution >= 4 is 11.9 Å². The van der Waals surface area contributed by atoms with Gasteiger partial charge in [0.2, 0.25) is 5.91 Å². The summed E-state index contributed by atoms with van der Waals surface area (Å²) in [7, 11) is 1.65. The summed E-state index contributed by atoms with van der Waals surface area (Å²) in [4.78, 5) is 25.6. The standard InChI is InChI=1S/C10H19N3O2/c1-3-5-11-6-4-7-13-9(14)8-12(2)10(13)15/h11H,3-8H2,1-2H3. The van der Waals surface area contributed by atoms with E-state index in [1.807, 2.05) is 0 Å². The molecule has 1 fully saturated rings. The summed E-state index contributed by atoms with van der Waals surface area (Å²) in [6, 6.07) is -0.171. The Morgan fingerprint density at radius 1 is 1.33 bits per heavy atom. The van der Waals surface area contributed by atoms with E-state index in [0.717, 1.165) is 25.9 Å². The first-order chi connectivity index (χ1) is 7.16. The lowest BCUT2D eigenvalue weighted by Crippen LogP contribution is -2.34. The van der Waals surface area contributed by atoms with Gasteiger partial charge < -0.3 is 10.2 Å². The highest BCUT2D eigenvalue weighted by Crippen LogP contribution is 2.07. The molecule has 0 aromatic rings. The molecule has 1 heterocycles. The summed E-state index contributed by atoms with van der Waals surface area (Å²) in [5.74, 6) is -0.0852. The maximum Gasteiger partial charge on any atom is 0.326 e. The van der Waals surface area contributed by atoms with Crippen LogP contribution in [0.15, 0.2) is 0 Å². The van der Waals surface area contributed by atoms with Crippen LogP contribution < -0.4 is 5.32 Å². The number of rotatable bonds is 6. The zero-order valence-corrected chi connectivity index (χ0v) is 9.45. The van der Waals surface area contributed by atoms with Crippen molar-refractivity contribution in [3.63, 3.8) is 0 Å². The maximum atomic E-state index is 11.4. The molecule has 0 atom stereocenters. The average Bonchev–Trinajstić information content (AvgIpc) is 2.44. The number of hydrogen-bond acceptors (Lipinski definition) is 3. The van der Waals surface area contributed by atoms with Crippen LogP contribution in [0.5, 0.6) is 0 Å². The number of amides is 3. The van der Waals surface area contributed by atoms with Crippen LogP contribution in [0.4, 0.5) is 4.79 Å². The monoisotopic (exact) mass is 213 g/mol. The first-order valence-corrected chi connectivity index (χ1v) is 5.43. The van der Waals surface area contributed by atoms with E-state index in [4.69, 9.17) is 0 Å². The van der Waals surface area contributed by atoms with Gasteiger partial charge in [0, 0.05) is 13.6 Å². The third-order valence-corrected chi connectivity index (χ3v) is 2.39. The lowest BCUT2D eigenvalue weighted by molar-refractivity contribution is -0.125. The van der Waals surface area contributed by atoms with Crippen LogP contribution in [0.3, 0.4) is 0 Å². The number of nitrogens with one attached hydrogen (secondary N) is 1. The van der Waals surface area contributed by atoms with E-state index in [1.54, 1.807) is 7.05 Å². The number of carbonyl (C=O) groups is 2. The average molecular weight is 213 g/mol. The minimum atomic E-state index is -0.171. The van der Waals surface area contributed by atoms with Gasteiger partial charge >= 0.3 is 6.03 Å². The molecule has 1 N–H and O–H groups in total. The Balaban J connectivity index is 2.21. The Hall–Kier alpha value is -1.10. The molecule has 0 aromatic heterocycles. The molecule has 15 heavy (non-hydrogen) atoms. The number of nitrogens with zero attached hydrogens (tertiary/aromatic N) is 2. The van der Waals surface area contributed by atoms with Crippen molar-refractivity contribution < 1.29 is 9.59 Å². The van der Waals surface area contributed by atoms with Crippen molar-refractivity contribution in [3.05, 3.63) is 0 Å². The van der Waals surface area contributed by atoms with Gasteiger partial charge in [-0.25, -0.2) is 4.79 Å². The van der Waals surface area contributed by atoms with Crippen LogP contribution in [0.25, 0.3) is 0 Å². The summed E-state index contributed by atoms with van der Waals surface area (Å²) < 4.78 is 0. The molecule has 1 rings (SSSR count). The zero-order valence-electron chi connectivity index (χ0n) is 9.45. The lowest BCUT2D eigenvalue weighted by atomic mass is 10.3. The highest BCUT2D eigenvalue weighted by Gasteiger charge is 2.32. The fourth-order valence-electron chi connectivity index (χ4n) is 1.55. The molecule has 5 nitrogen and oxygen atoms in total. The van der Waals surface area contributed by atoms with E-state index < -0.39 is 0 Å². The molecule has 5 heteroatoms. The molecular formula is C10H19N3O2. The van der Waals surface area contributed by atoms with Gasteiger partial charge in [-0.05, 0) is 25.9 Å². The number of carbonyl (C=O) groups excluding carboxylic acids is 2. The Morgan fingerprint density at radius 3 is 2.60 bits per heavy atom. The van der Waals surface area contributed by atoms with Crippen LogP contribution in [-0.2, 0) is 4.79 Å². The molecule has 0 unspecified atom stereocenters. The first-order valence-electron chi connectivity index (χ1n) is 5.43. The van der Waals surface area contributed by atoms with E-state index >= 15 is 0 Å². The third-order valence-electron chi connectivity index (χ3n) is 2.39. The topological polar surface area (TPSA) is 52.7 Å². The third kappa shape index (κ3) is 3.20. The van der Waals surface area contributed by atoms with Crippen LogP contribution in [0.2, 0.25) is 0 Å². The van der Waals surface area contributed by atoms with E-state index in [-0.39, 0.29) is 18.5 Å². The van der Waals surface area contributed by atoms with Gasteiger partial charge in [0.1, 0.15) is 6.54 Å². The smallest absolute Gasteiger partial charge is 0.318 e. The summed E-state index contributed by atoms with van der Waals surface area (Å²) in [5, 5.41) is 3.24. The predicted octanol–water partition coefficient (Wildman–Crippen LogP) is 0.270. The number of urea groups is 1. The van der Waals surface area contributed by atoms with Crippen molar-refractivity contribution in [2.45, 2.75) is 19.8 Å². The molecule has 0 saturated carbocycles. The van der Waals surface area contributed by atoms with Gasteiger partial charge in [-0.2, -0.15) is 0 Å². The fraction of sp³-hybridized carbons (Fsp3) is 0.800. The van der Waals surface area contributed by atoms with E-state index in [1.165, 1.54) is 9.80 Å². The molecule has 1 aliphatic rings. The minimum absolute atomic E-state index is 0.0852. The van der Waals surface area contributed by atoms with Gasteiger partial charge in [0.15, 0.2) is 0 Å². The minimum Gasteiger partial charge on any atom is -0.318 e. The van der Waals surface area contributed by atoms with Crippen molar-refractivity contribution in [2.75, 3.05) is 33.2 Å². The van der Waals surface area contributed by atoms with Crippen molar-refractivity contribution in [3.8, 4) is 0 Å². The van der Waals surface area contributed by atoms with Gasteiger partial charge in [-0.15, -0.1) is 0 Å². The highest BCUT2D eigenvalue weighted by atomic mass is 16.2. The SMILES string of the molecule is CCCNCCCN1C(=O)CN(C)C1=O. The first kappa shape index (κ1) is 12.0.